The molecule has 3 saturated carbocycles. The summed E-state index contributed by atoms with van der Waals surface area (Å²) in [5, 5.41) is 11.5. The second-order valence-corrected chi connectivity index (χ2v) is 14.9. The summed E-state index contributed by atoms with van der Waals surface area (Å²) in [5.41, 5.74) is 3.82. The third-order valence-electron chi connectivity index (χ3n) is 12.0. The summed E-state index contributed by atoms with van der Waals surface area (Å²) in [4.78, 5) is 13.2. The summed E-state index contributed by atoms with van der Waals surface area (Å²) in [6.45, 7) is 15.2. The Balaban J connectivity index is 1.48. The maximum Gasteiger partial charge on any atom is 0.297 e. The highest BCUT2D eigenvalue weighted by molar-refractivity contribution is 5.84. The van der Waals surface area contributed by atoms with Gasteiger partial charge in [0.15, 0.2) is 5.60 Å². The minimum absolute atomic E-state index is 0.146. The van der Waals surface area contributed by atoms with E-state index in [4.69, 9.17) is 0 Å². The maximum atomic E-state index is 13.2. The van der Waals surface area contributed by atoms with Crippen LogP contribution < -0.4 is 5.43 Å². The van der Waals surface area contributed by atoms with Gasteiger partial charge in [0.2, 0.25) is 0 Å². The van der Waals surface area contributed by atoms with E-state index in [-0.39, 0.29) is 11.3 Å². The van der Waals surface area contributed by atoms with Crippen LogP contribution in [0.25, 0.3) is 0 Å². The number of nitrogens with one attached hydrogen (secondary N) is 1. The van der Waals surface area contributed by atoms with E-state index in [2.05, 4.69) is 53.0 Å². The first-order valence-corrected chi connectivity index (χ1v) is 15.3. The number of aliphatic hydroxyl groups is 1. The molecule has 36 heavy (non-hydrogen) atoms. The molecule has 0 radical (unpaired) electrons. The second-order valence-electron chi connectivity index (χ2n) is 14.9. The Hall–Kier alpha value is -0.870. The highest BCUT2D eigenvalue weighted by atomic mass is 16.3. The largest absolute Gasteiger partial charge is 0.379 e. The molecular weight excluding hydrogens is 444 g/mol. The first kappa shape index (κ1) is 28.1. The zero-order valence-electron chi connectivity index (χ0n) is 24.8. The minimum Gasteiger partial charge on any atom is -0.379 e. The van der Waals surface area contributed by atoms with E-state index in [9.17, 15) is 9.90 Å². The van der Waals surface area contributed by atoms with Crippen LogP contribution in [-0.4, -0.2) is 41.8 Å². The van der Waals surface area contributed by atoms with Gasteiger partial charge in [-0.1, -0.05) is 65.5 Å². The van der Waals surface area contributed by atoms with Crippen molar-refractivity contribution in [1.82, 2.24) is 5.43 Å². The van der Waals surface area contributed by atoms with Crippen LogP contribution in [0, 0.1) is 46.3 Å². The van der Waals surface area contributed by atoms with Crippen LogP contribution in [0.4, 0.5) is 0 Å². The van der Waals surface area contributed by atoms with Crippen LogP contribution in [0.3, 0.4) is 0 Å². The summed E-state index contributed by atoms with van der Waals surface area (Å²) >= 11 is 0. The predicted octanol–water partition coefficient (Wildman–Crippen LogP) is 6.89. The Bertz CT molecular complexity index is 849. The molecule has 0 heterocycles. The number of amides is 1. The Morgan fingerprint density at radius 2 is 1.81 bits per heavy atom. The van der Waals surface area contributed by atoms with E-state index in [1.54, 1.807) is 0 Å². The smallest absolute Gasteiger partial charge is 0.297 e. The van der Waals surface area contributed by atoms with Crippen molar-refractivity contribution in [3.05, 3.63) is 11.6 Å². The topological polar surface area (TPSA) is 49.3 Å². The normalized spacial score (nSPS) is 41.2. The highest BCUT2D eigenvalue weighted by Crippen LogP contribution is 2.67. The van der Waals surface area contributed by atoms with Gasteiger partial charge in [0, 0.05) is 6.42 Å². The number of hydrogen-bond acceptors (Lipinski definition) is 2. The maximum absolute atomic E-state index is 13.2. The van der Waals surface area contributed by atoms with Crippen LogP contribution in [0.1, 0.15) is 112 Å². The van der Waals surface area contributed by atoms with Gasteiger partial charge in [0.05, 0.1) is 20.6 Å². The lowest BCUT2D eigenvalue weighted by Gasteiger charge is -2.59. The number of carbonyl (C=O) groups excluding carboxylic acids is 1. The molecule has 4 aliphatic carbocycles. The van der Waals surface area contributed by atoms with Crippen molar-refractivity contribution >= 4 is 5.91 Å². The lowest BCUT2D eigenvalue weighted by atomic mass is 9.46. The molecule has 0 bridgehead atoms. The van der Waals surface area contributed by atoms with Gasteiger partial charge >= 0.3 is 0 Å². The third kappa shape index (κ3) is 4.95. The first-order valence-electron chi connectivity index (χ1n) is 15.3. The third-order valence-corrected chi connectivity index (χ3v) is 12.0. The zero-order chi connectivity index (χ0) is 26.5. The van der Waals surface area contributed by atoms with Gasteiger partial charge in [-0.05, 0) is 98.2 Å². The molecule has 206 valence electrons. The molecule has 0 aromatic rings. The van der Waals surface area contributed by atoms with E-state index in [0.29, 0.717) is 28.8 Å². The molecule has 4 aliphatic rings. The van der Waals surface area contributed by atoms with E-state index in [0.717, 1.165) is 49.0 Å². The average molecular weight is 502 g/mol. The van der Waals surface area contributed by atoms with Crippen LogP contribution in [-0.2, 0) is 4.79 Å². The summed E-state index contributed by atoms with van der Waals surface area (Å²) in [6, 6.07) is 0. The van der Waals surface area contributed by atoms with Crippen molar-refractivity contribution in [2.45, 2.75) is 118 Å². The van der Waals surface area contributed by atoms with Gasteiger partial charge in [-0.25, -0.2) is 4.59 Å². The molecule has 1 amide bonds. The SMILES string of the molecule is CC[N+](C)(C)NC(=O)[C@]1(O)CC[C@@]2(C)C(=CC[C@H]3[C@@H]4CC[C@H]([C@H](C)CCCC(C)C)[C@@]4(C)CC[C@@H]32)C1. The molecule has 2 N–H and O–H groups in total. The fourth-order valence-corrected chi connectivity index (χ4v) is 9.32. The molecule has 3 fully saturated rings. The zero-order valence-corrected chi connectivity index (χ0v) is 24.8. The summed E-state index contributed by atoms with van der Waals surface area (Å²) in [7, 11) is 3.97. The molecule has 8 atom stereocenters. The van der Waals surface area contributed by atoms with Gasteiger partial charge in [-0.15, -0.1) is 0 Å². The average Bonchev–Trinajstić information content (AvgIpc) is 3.16. The first-order chi connectivity index (χ1) is 16.8. The van der Waals surface area contributed by atoms with Gasteiger partial charge in [-0.2, -0.15) is 5.43 Å². The molecule has 0 aromatic heterocycles. The Labute approximate surface area is 222 Å². The predicted molar refractivity (Wildman–Crippen MR) is 149 cm³/mol. The number of hydrogen-bond donors (Lipinski definition) is 2. The lowest BCUT2D eigenvalue weighted by Crippen LogP contribution is -2.62. The van der Waals surface area contributed by atoms with Gasteiger partial charge in [0.1, 0.15) is 0 Å². The molecule has 0 spiro atoms. The minimum atomic E-state index is -1.27. The fraction of sp³-hybridized carbons (Fsp3) is 0.906. The molecule has 0 saturated heterocycles. The number of quaternary nitrogens is 1. The van der Waals surface area contributed by atoms with Crippen LogP contribution >= 0.6 is 0 Å². The molecule has 0 aromatic carbocycles. The van der Waals surface area contributed by atoms with Crippen molar-refractivity contribution < 1.29 is 14.5 Å². The quantitative estimate of drug-likeness (QED) is 0.216. The van der Waals surface area contributed by atoms with Gasteiger partial charge in [-0.3, -0.25) is 4.79 Å². The molecule has 0 aliphatic heterocycles. The van der Waals surface area contributed by atoms with Crippen LogP contribution in [0.15, 0.2) is 11.6 Å². The number of rotatable bonds is 8. The molecule has 4 rings (SSSR count). The summed E-state index contributed by atoms with van der Waals surface area (Å²) < 4.78 is 0.402. The molecule has 4 heteroatoms. The monoisotopic (exact) mass is 501 g/mol. The van der Waals surface area contributed by atoms with Crippen molar-refractivity contribution in [3.8, 4) is 0 Å². The number of allylic oxidation sites excluding steroid dienone is 1. The summed E-state index contributed by atoms with van der Waals surface area (Å²) in [5.74, 6) is 4.68. The van der Waals surface area contributed by atoms with Crippen LogP contribution in [0.2, 0.25) is 0 Å². The number of nitrogens with zero attached hydrogens (tertiary/aromatic N) is 1. The Morgan fingerprint density at radius 3 is 2.47 bits per heavy atom. The fourth-order valence-electron chi connectivity index (χ4n) is 9.32. The standard InChI is InChI=1S/C32H56N2O2/c1-9-34(7,8)33-29(35)32(36)20-19-30(5)24(21-32)13-14-25-27-16-15-26(23(4)12-10-11-22(2)3)31(27,6)18-17-28(25)30/h13,22-23,25-28,36H,9-12,14-21H2,1-8H3/p+1/t23-,25+,26-,27+,28+,30+,31-,32+/m1/s1. The van der Waals surface area contributed by atoms with Crippen molar-refractivity contribution in [3.63, 3.8) is 0 Å². The van der Waals surface area contributed by atoms with Crippen molar-refractivity contribution in [1.29, 1.82) is 0 Å². The van der Waals surface area contributed by atoms with E-state index in [1.165, 1.54) is 50.5 Å². The number of carbonyl (C=O) groups is 1. The van der Waals surface area contributed by atoms with E-state index < -0.39 is 5.60 Å². The van der Waals surface area contributed by atoms with E-state index in [1.807, 2.05) is 14.1 Å². The van der Waals surface area contributed by atoms with Gasteiger partial charge in [0.25, 0.3) is 5.91 Å². The van der Waals surface area contributed by atoms with Crippen molar-refractivity contribution in [2.75, 3.05) is 20.6 Å². The second kappa shape index (κ2) is 10.0. The Morgan fingerprint density at radius 1 is 1.08 bits per heavy atom. The van der Waals surface area contributed by atoms with Crippen molar-refractivity contribution in [2.24, 2.45) is 46.3 Å². The molecule has 0 unspecified atom stereocenters. The molecule has 4 nitrogen and oxygen atoms in total. The van der Waals surface area contributed by atoms with Crippen LogP contribution in [0.5, 0.6) is 0 Å². The lowest BCUT2D eigenvalue weighted by molar-refractivity contribution is -0.923. The summed E-state index contributed by atoms with van der Waals surface area (Å²) in [6.07, 6.45) is 15.3. The van der Waals surface area contributed by atoms with Gasteiger partial charge < -0.3 is 5.11 Å². The Kier molecular flexibility index (Phi) is 7.84. The number of fused-ring (bicyclic) bond motifs is 5. The van der Waals surface area contributed by atoms with E-state index >= 15 is 0 Å². The highest BCUT2D eigenvalue weighted by Gasteiger charge is 2.60. The molecular formula is C32H57N2O2+.